The van der Waals surface area contributed by atoms with Gasteiger partial charge < -0.3 is 10.2 Å². The highest BCUT2D eigenvalue weighted by molar-refractivity contribution is 7.92. The second-order valence-corrected chi connectivity index (χ2v) is 13.2. The molecule has 230 valence electrons. The van der Waals surface area contributed by atoms with Crippen molar-refractivity contribution >= 4 is 62.3 Å². The number of hydrogen-bond donors (Lipinski definition) is 1. The quantitative estimate of drug-likeness (QED) is 0.166. The molecule has 0 aliphatic heterocycles. The number of anilines is 1. The van der Waals surface area contributed by atoms with Crippen molar-refractivity contribution in [3.05, 3.63) is 129 Å². The van der Waals surface area contributed by atoms with E-state index in [0.29, 0.717) is 18.0 Å². The number of sulfonamides is 1. The molecule has 0 aliphatic rings. The van der Waals surface area contributed by atoms with Crippen LogP contribution < -0.4 is 9.62 Å². The molecule has 11 heteroatoms. The fourth-order valence-corrected chi connectivity index (χ4v) is 6.44. The monoisotopic (exact) mass is 671 g/mol. The lowest BCUT2D eigenvalue weighted by Gasteiger charge is -2.34. The van der Waals surface area contributed by atoms with Gasteiger partial charge in [0.05, 0.1) is 20.6 Å². The first-order chi connectivity index (χ1) is 21.1. The number of carbonyl (C=O) groups is 2. The van der Waals surface area contributed by atoms with Crippen LogP contribution in [-0.2, 0) is 32.6 Å². The van der Waals surface area contributed by atoms with E-state index in [2.05, 4.69) is 5.32 Å². The normalized spacial score (nSPS) is 11.9. The molecular weight excluding hydrogens is 641 g/mol. The Morgan fingerprint density at radius 3 is 2.05 bits per heavy atom. The smallest absolute Gasteiger partial charge is 0.264 e. The molecule has 4 rings (SSSR count). The first kappa shape index (κ1) is 33.3. The van der Waals surface area contributed by atoms with Gasteiger partial charge in [0.15, 0.2) is 0 Å². The van der Waals surface area contributed by atoms with Gasteiger partial charge in [0.25, 0.3) is 10.0 Å². The molecule has 0 unspecified atom stereocenters. The van der Waals surface area contributed by atoms with Crippen LogP contribution in [0, 0.1) is 0 Å². The Bertz CT molecular complexity index is 1670. The van der Waals surface area contributed by atoms with Crippen LogP contribution in [0.1, 0.15) is 24.5 Å². The minimum Gasteiger partial charge on any atom is -0.354 e. The van der Waals surface area contributed by atoms with E-state index in [4.69, 9.17) is 34.8 Å². The minimum absolute atomic E-state index is 0.00959. The van der Waals surface area contributed by atoms with Crippen molar-refractivity contribution < 1.29 is 18.0 Å². The molecule has 44 heavy (non-hydrogen) atoms. The number of nitrogens with one attached hydrogen (secondary N) is 1. The zero-order valence-electron chi connectivity index (χ0n) is 24.0. The second kappa shape index (κ2) is 15.4. The molecule has 7 nitrogen and oxygen atoms in total. The molecule has 0 fully saturated rings. The van der Waals surface area contributed by atoms with E-state index >= 15 is 0 Å². The summed E-state index contributed by atoms with van der Waals surface area (Å²) in [6, 6.07) is 27.5. The molecule has 0 saturated heterocycles. The van der Waals surface area contributed by atoms with E-state index in [-0.39, 0.29) is 39.5 Å². The fourth-order valence-electron chi connectivity index (χ4n) is 4.60. The highest BCUT2D eigenvalue weighted by Gasteiger charge is 2.34. The predicted octanol–water partition coefficient (Wildman–Crippen LogP) is 7.01. The Morgan fingerprint density at radius 2 is 1.43 bits per heavy atom. The molecule has 1 N–H and O–H groups in total. The molecule has 4 aromatic rings. The van der Waals surface area contributed by atoms with Crippen LogP contribution in [0.25, 0.3) is 0 Å². The molecule has 4 aromatic carbocycles. The van der Waals surface area contributed by atoms with Crippen LogP contribution in [0.5, 0.6) is 0 Å². The third-order valence-corrected chi connectivity index (χ3v) is 9.67. The van der Waals surface area contributed by atoms with E-state index in [1.807, 2.05) is 37.3 Å². The number of amides is 2. The number of halogens is 3. The highest BCUT2D eigenvalue weighted by atomic mass is 35.5. The van der Waals surface area contributed by atoms with Crippen LogP contribution >= 0.6 is 34.8 Å². The van der Waals surface area contributed by atoms with Crippen molar-refractivity contribution in [1.29, 1.82) is 0 Å². The highest BCUT2D eigenvalue weighted by Crippen LogP contribution is 2.31. The SMILES string of the molecule is CCCNC(=O)[C@@H](Cc1ccccc1)N(Cc1ccc(Cl)cc1)C(=O)CN(c1ccc(Cl)c(Cl)c1)S(=O)(=O)c1ccccc1. The molecule has 0 heterocycles. The lowest BCUT2D eigenvalue weighted by molar-refractivity contribution is -0.140. The van der Waals surface area contributed by atoms with E-state index in [0.717, 1.165) is 15.4 Å². The Hall–Kier alpha value is -3.56. The third-order valence-electron chi connectivity index (χ3n) is 6.89. The summed E-state index contributed by atoms with van der Waals surface area (Å²) in [5, 5.41) is 3.80. The molecule has 0 aliphatic carbocycles. The maximum atomic E-state index is 14.4. The van der Waals surface area contributed by atoms with Crippen molar-refractivity contribution in [1.82, 2.24) is 10.2 Å². The number of nitrogens with zero attached hydrogens (tertiary/aromatic N) is 2. The number of benzene rings is 4. The van der Waals surface area contributed by atoms with Crippen LogP contribution in [-0.4, -0.2) is 44.3 Å². The van der Waals surface area contributed by atoms with Gasteiger partial charge in [-0.2, -0.15) is 0 Å². The number of carbonyl (C=O) groups excluding carboxylic acids is 2. The van der Waals surface area contributed by atoms with Crippen LogP contribution in [0.4, 0.5) is 5.69 Å². The summed E-state index contributed by atoms with van der Waals surface area (Å²) in [5.74, 6) is -0.928. The lowest BCUT2D eigenvalue weighted by Crippen LogP contribution is -2.53. The van der Waals surface area contributed by atoms with Gasteiger partial charge in [-0.25, -0.2) is 8.42 Å². The van der Waals surface area contributed by atoms with E-state index in [1.54, 1.807) is 42.5 Å². The Labute approximate surface area is 273 Å². The molecular formula is C33H32Cl3N3O4S. The molecule has 0 aromatic heterocycles. The third kappa shape index (κ3) is 8.54. The molecule has 0 spiro atoms. The molecule has 0 radical (unpaired) electrons. The van der Waals surface area contributed by atoms with Crippen LogP contribution in [0.2, 0.25) is 15.1 Å². The van der Waals surface area contributed by atoms with E-state index < -0.39 is 28.5 Å². The fraction of sp³-hybridized carbons (Fsp3) is 0.212. The number of rotatable bonds is 13. The maximum absolute atomic E-state index is 14.4. The van der Waals surface area contributed by atoms with Crippen molar-refractivity contribution in [2.24, 2.45) is 0 Å². The van der Waals surface area contributed by atoms with Crippen LogP contribution in [0.3, 0.4) is 0 Å². The van der Waals surface area contributed by atoms with Gasteiger partial charge in [0, 0.05) is 24.5 Å². The molecule has 1 atom stereocenters. The van der Waals surface area contributed by atoms with E-state index in [9.17, 15) is 18.0 Å². The Balaban J connectivity index is 1.80. The van der Waals surface area contributed by atoms with Crippen molar-refractivity contribution in [2.75, 3.05) is 17.4 Å². The van der Waals surface area contributed by atoms with Crippen molar-refractivity contribution in [2.45, 2.75) is 37.2 Å². The van der Waals surface area contributed by atoms with Gasteiger partial charge in [0.2, 0.25) is 11.8 Å². The Kier molecular flexibility index (Phi) is 11.7. The van der Waals surface area contributed by atoms with Gasteiger partial charge in [-0.15, -0.1) is 0 Å². The molecule has 0 saturated carbocycles. The first-order valence-corrected chi connectivity index (χ1v) is 16.6. The standard InChI is InChI=1S/C33H32Cl3N3O4S/c1-2-19-37-33(41)31(20-24-9-5-3-6-10-24)38(22-25-13-15-26(34)16-14-25)32(40)23-39(27-17-18-29(35)30(36)21-27)44(42,43)28-11-7-4-8-12-28/h3-18,21,31H,2,19-20,22-23H2,1H3,(H,37,41)/t31-/m1/s1. The maximum Gasteiger partial charge on any atom is 0.264 e. The average molecular weight is 673 g/mol. The zero-order chi connectivity index (χ0) is 31.7. The van der Waals surface area contributed by atoms with Crippen molar-refractivity contribution in [3.63, 3.8) is 0 Å². The summed E-state index contributed by atoms with van der Waals surface area (Å²) in [7, 11) is -4.24. The summed E-state index contributed by atoms with van der Waals surface area (Å²) in [6.45, 7) is 1.79. The van der Waals surface area contributed by atoms with Gasteiger partial charge in [-0.3, -0.25) is 13.9 Å². The second-order valence-electron chi connectivity index (χ2n) is 10.1. The summed E-state index contributed by atoms with van der Waals surface area (Å²) in [5.41, 5.74) is 1.71. The lowest BCUT2D eigenvalue weighted by atomic mass is 10.0. The summed E-state index contributed by atoms with van der Waals surface area (Å²) >= 11 is 18.6. The summed E-state index contributed by atoms with van der Waals surface area (Å²) in [4.78, 5) is 29.5. The summed E-state index contributed by atoms with van der Waals surface area (Å²) in [6.07, 6.45) is 0.920. The Morgan fingerprint density at radius 1 is 0.795 bits per heavy atom. The molecule has 0 bridgehead atoms. The van der Waals surface area contributed by atoms with Gasteiger partial charge in [-0.05, 0) is 60.0 Å². The summed E-state index contributed by atoms with van der Waals surface area (Å²) < 4.78 is 29.0. The largest absolute Gasteiger partial charge is 0.354 e. The van der Waals surface area contributed by atoms with Crippen LogP contribution in [0.15, 0.2) is 108 Å². The van der Waals surface area contributed by atoms with E-state index in [1.165, 1.54) is 35.2 Å². The van der Waals surface area contributed by atoms with Crippen molar-refractivity contribution in [3.8, 4) is 0 Å². The topological polar surface area (TPSA) is 86.8 Å². The first-order valence-electron chi connectivity index (χ1n) is 14.0. The molecule has 2 amide bonds. The zero-order valence-corrected chi connectivity index (χ0v) is 27.1. The van der Waals surface area contributed by atoms with Gasteiger partial charge in [-0.1, -0.05) is 102 Å². The number of hydrogen-bond acceptors (Lipinski definition) is 4. The minimum atomic E-state index is -4.24. The predicted molar refractivity (Wildman–Crippen MR) is 177 cm³/mol. The van der Waals surface area contributed by atoms with Gasteiger partial charge >= 0.3 is 0 Å². The van der Waals surface area contributed by atoms with Gasteiger partial charge in [0.1, 0.15) is 12.6 Å². The average Bonchev–Trinajstić information content (AvgIpc) is 3.03.